The van der Waals surface area contributed by atoms with E-state index >= 15 is 0 Å². The monoisotopic (exact) mass is 427 g/mol. The summed E-state index contributed by atoms with van der Waals surface area (Å²) >= 11 is 7.66. The number of oxazole rings is 1. The number of carbonyl (C=O) groups excluding carboxylic acids is 1. The molecule has 0 unspecified atom stereocenters. The summed E-state index contributed by atoms with van der Waals surface area (Å²) in [5, 5.41) is 1.56. The maximum absolute atomic E-state index is 13.0. The van der Waals surface area contributed by atoms with Crippen LogP contribution in [0.2, 0.25) is 5.02 Å². The molecule has 1 fully saturated rings. The summed E-state index contributed by atoms with van der Waals surface area (Å²) in [7, 11) is 0. The van der Waals surface area contributed by atoms with Gasteiger partial charge in [-0.15, -0.1) is 11.3 Å². The lowest BCUT2D eigenvalue weighted by Gasteiger charge is -2.31. The summed E-state index contributed by atoms with van der Waals surface area (Å²) in [6.07, 6.45) is 1.93. The van der Waals surface area contributed by atoms with Gasteiger partial charge < -0.3 is 9.32 Å². The number of hydrogen-bond donors (Lipinski definition) is 0. The zero-order valence-corrected chi connectivity index (χ0v) is 17.1. The van der Waals surface area contributed by atoms with Crippen LogP contribution in [0.25, 0.3) is 21.3 Å². The Morgan fingerprint density at radius 1 is 1.28 bits per heavy atom. The van der Waals surface area contributed by atoms with Gasteiger partial charge in [-0.2, -0.15) is 0 Å². The Balaban J connectivity index is 1.36. The molecule has 1 aliphatic rings. The van der Waals surface area contributed by atoms with Gasteiger partial charge in [0, 0.05) is 30.1 Å². The zero-order valence-electron chi connectivity index (χ0n) is 15.5. The predicted molar refractivity (Wildman–Crippen MR) is 114 cm³/mol. The minimum Gasteiger partial charge on any atom is -0.408 e. The highest BCUT2D eigenvalue weighted by Crippen LogP contribution is 2.33. The van der Waals surface area contributed by atoms with Crippen LogP contribution in [0.15, 0.2) is 51.7 Å². The second-order valence-electron chi connectivity index (χ2n) is 7.26. The number of nitrogens with zero attached hydrogens (tertiary/aromatic N) is 3. The molecule has 29 heavy (non-hydrogen) atoms. The van der Waals surface area contributed by atoms with Crippen LogP contribution in [0.5, 0.6) is 0 Å². The lowest BCUT2D eigenvalue weighted by atomic mass is 9.98. The lowest BCUT2D eigenvalue weighted by Crippen LogP contribution is -2.41. The summed E-state index contributed by atoms with van der Waals surface area (Å²) in [6, 6.07) is 13.1. The third-order valence-electron chi connectivity index (χ3n) is 5.36. The first-order valence-corrected chi connectivity index (χ1v) is 10.7. The van der Waals surface area contributed by atoms with E-state index in [0.29, 0.717) is 29.2 Å². The number of thiazole rings is 1. The van der Waals surface area contributed by atoms with Gasteiger partial charge in [-0.3, -0.25) is 9.36 Å². The average Bonchev–Trinajstić information content (AvgIpc) is 3.29. The van der Waals surface area contributed by atoms with Gasteiger partial charge in [0.15, 0.2) is 5.58 Å². The van der Waals surface area contributed by atoms with Crippen LogP contribution in [0.1, 0.15) is 23.8 Å². The number of likely N-dealkylation sites (tertiary alicyclic amines) is 1. The minimum atomic E-state index is -0.546. The van der Waals surface area contributed by atoms with Crippen molar-refractivity contribution >= 4 is 50.2 Å². The van der Waals surface area contributed by atoms with Crippen molar-refractivity contribution in [2.45, 2.75) is 25.3 Å². The molecule has 6 nitrogen and oxygen atoms in total. The number of fused-ring (bicyclic) bond motifs is 2. The number of halogens is 1. The molecule has 1 aliphatic heterocycles. The average molecular weight is 428 g/mol. The van der Waals surface area contributed by atoms with Crippen molar-refractivity contribution in [3.8, 4) is 0 Å². The fourth-order valence-electron chi connectivity index (χ4n) is 3.90. The van der Waals surface area contributed by atoms with Crippen LogP contribution in [0, 0.1) is 0 Å². The first kappa shape index (κ1) is 18.4. The molecule has 1 saturated heterocycles. The summed E-state index contributed by atoms with van der Waals surface area (Å²) < 4.78 is 7.77. The van der Waals surface area contributed by atoms with Crippen LogP contribution < -0.4 is 5.76 Å². The zero-order chi connectivity index (χ0) is 20.0. The van der Waals surface area contributed by atoms with Gasteiger partial charge in [0.2, 0.25) is 5.91 Å². The predicted octanol–water partition coefficient (Wildman–Crippen LogP) is 4.26. The first-order chi connectivity index (χ1) is 14.1. The summed E-state index contributed by atoms with van der Waals surface area (Å²) in [5.74, 6) is -0.410. The Morgan fingerprint density at radius 2 is 2.14 bits per heavy atom. The number of amides is 1. The van der Waals surface area contributed by atoms with Crippen molar-refractivity contribution in [2.75, 3.05) is 13.1 Å². The van der Waals surface area contributed by atoms with Crippen molar-refractivity contribution in [3.63, 3.8) is 0 Å². The van der Waals surface area contributed by atoms with Gasteiger partial charge >= 0.3 is 5.76 Å². The smallest absolute Gasteiger partial charge is 0.408 e. The van der Waals surface area contributed by atoms with Crippen molar-refractivity contribution in [1.29, 1.82) is 0 Å². The Kier molecular flexibility index (Phi) is 4.64. The molecule has 8 heteroatoms. The lowest BCUT2D eigenvalue weighted by molar-refractivity contribution is -0.133. The molecule has 4 aromatic rings. The fourth-order valence-corrected chi connectivity index (χ4v) is 5.15. The van der Waals surface area contributed by atoms with Gasteiger partial charge in [-0.25, -0.2) is 9.78 Å². The second kappa shape index (κ2) is 7.31. The van der Waals surface area contributed by atoms with E-state index < -0.39 is 5.76 Å². The van der Waals surface area contributed by atoms with Crippen LogP contribution in [-0.2, 0) is 11.3 Å². The normalized spacial score (nSPS) is 17.3. The van der Waals surface area contributed by atoms with Crippen LogP contribution in [0.4, 0.5) is 0 Å². The molecule has 0 N–H and O–H groups in total. The van der Waals surface area contributed by atoms with Crippen molar-refractivity contribution in [2.24, 2.45) is 0 Å². The number of para-hydroxylation sites is 1. The fraction of sp³-hybridized carbons (Fsp3) is 0.286. The Hall–Kier alpha value is -2.64. The number of rotatable bonds is 3. The van der Waals surface area contributed by atoms with E-state index in [1.54, 1.807) is 29.5 Å². The Bertz CT molecular complexity index is 1240. The highest BCUT2D eigenvalue weighted by Gasteiger charge is 2.27. The number of carbonyl (C=O) groups is 1. The maximum Gasteiger partial charge on any atom is 0.420 e. The molecule has 0 spiro atoms. The largest absolute Gasteiger partial charge is 0.420 e. The molecule has 0 radical (unpaired) electrons. The minimum absolute atomic E-state index is 0.0416. The van der Waals surface area contributed by atoms with E-state index in [0.717, 1.165) is 23.4 Å². The van der Waals surface area contributed by atoms with Gasteiger partial charge in [0.05, 0.1) is 20.7 Å². The van der Waals surface area contributed by atoms with Gasteiger partial charge in [0.1, 0.15) is 6.54 Å². The van der Waals surface area contributed by atoms with Crippen molar-refractivity contribution < 1.29 is 9.21 Å². The van der Waals surface area contributed by atoms with E-state index in [2.05, 4.69) is 6.07 Å². The van der Waals surface area contributed by atoms with Crippen molar-refractivity contribution in [3.05, 3.63) is 63.0 Å². The van der Waals surface area contributed by atoms with Gasteiger partial charge in [-0.05, 0) is 37.1 Å². The van der Waals surface area contributed by atoms with Gasteiger partial charge in [-0.1, -0.05) is 23.7 Å². The molecule has 0 bridgehead atoms. The van der Waals surface area contributed by atoms with E-state index in [1.165, 1.54) is 9.27 Å². The number of piperidine rings is 1. The molecule has 3 heterocycles. The van der Waals surface area contributed by atoms with Crippen molar-refractivity contribution in [1.82, 2.24) is 14.5 Å². The highest BCUT2D eigenvalue weighted by atomic mass is 35.5. The van der Waals surface area contributed by atoms with E-state index in [1.807, 2.05) is 23.1 Å². The first-order valence-electron chi connectivity index (χ1n) is 9.50. The molecule has 0 saturated carbocycles. The number of hydrogen-bond acceptors (Lipinski definition) is 5. The van der Waals surface area contributed by atoms with Crippen LogP contribution in [0.3, 0.4) is 0 Å². The molecular formula is C21H18ClN3O3S. The highest BCUT2D eigenvalue weighted by molar-refractivity contribution is 7.18. The summed E-state index contributed by atoms with van der Waals surface area (Å²) in [6.45, 7) is 1.27. The number of benzene rings is 2. The second-order valence-corrected chi connectivity index (χ2v) is 8.76. The van der Waals surface area contributed by atoms with E-state index in [-0.39, 0.29) is 18.4 Å². The topological polar surface area (TPSA) is 68.3 Å². The van der Waals surface area contributed by atoms with Crippen LogP contribution in [-0.4, -0.2) is 33.4 Å². The van der Waals surface area contributed by atoms with Crippen LogP contribution >= 0.6 is 22.9 Å². The Labute approximate surface area is 175 Å². The third-order valence-corrected chi connectivity index (χ3v) is 6.79. The summed E-state index contributed by atoms with van der Waals surface area (Å²) in [5.41, 5.74) is 1.97. The molecule has 1 atom stereocenters. The summed E-state index contributed by atoms with van der Waals surface area (Å²) in [4.78, 5) is 31.8. The number of aromatic nitrogens is 2. The SMILES string of the molecule is O=C(Cn1c(=O)oc2cc(Cl)ccc21)N1CCC[C@@H](c2nc3ccccc3s2)C1. The molecule has 148 valence electrons. The van der Waals surface area contributed by atoms with E-state index in [9.17, 15) is 9.59 Å². The molecular weight excluding hydrogens is 410 g/mol. The molecule has 1 amide bonds. The Morgan fingerprint density at radius 3 is 3.00 bits per heavy atom. The van der Waals surface area contributed by atoms with E-state index in [4.69, 9.17) is 21.0 Å². The molecule has 2 aromatic heterocycles. The molecule has 0 aliphatic carbocycles. The maximum atomic E-state index is 13.0. The van der Waals surface area contributed by atoms with Gasteiger partial charge in [0.25, 0.3) is 0 Å². The quantitative estimate of drug-likeness (QED) is 0.489. The standard InChI is InChI=1S/C21H18ClN3O3S/c22-14-7-8-16-17(10-14)28-21(27)25(16)12-19(26)24-9-3-4-13(11-24)20-23-15-5-1-2-6-18(15)29-20/h1-2,5-8,10,13H,3-4,9,11-12H2/t13-/m1/s1. The molecule has 2 aromatic carbocycles. The molecule has 5 rings (SSSR count). The third kappa shape index (κ3) is 3.45.